The highest BCUT2D eigenvalue weighted by molar-refractivity contribution is 7.80. The van der Waals surface area contributed by atoms with Gasteiger partial charge in [-0.1, -0.05) is 33.0 Å². The standard InChI is InChI=1S/C9H18N2OS/c1-8(2,3)7(12)11-9(4,5)6(10)13/h1-5H3,(H2,10,13)(H,11,12). The molecule has 0 aromatic carbocycles. The molecule has 0 heterocycles. The van der Waals surface area contributed by atoms with E-state index < -0.39 is 11.0 Å². The molecule has 0 saturated heterocycles. The van der Waals surface area contributed by atoms with Gasteiger partial charge in [0.15, 0.2) is 0 Å². The van der Waals surface area contributed by atoms with Crippen molar-refractivity contribution in [2.24, 2.45) is 11.1 Å². The van der Waals surface area contributed by atoms with E-state index >= 15 is 0 Å². The number of thiocarbonyl (C=S) groups is 1. The van der Waals surface area contributed by atoms with E-state index in [1.54, 1.807) is 13.8 Å². The van der Waals surface area contributed by atoms with Crippen LogP contribution in [0, 0.1) is 5.41 Å². The van der Waals surface area contributed by atoms with Crippen molar-refractivity contribution in [1.29, 1.82) is 0 Å². The molecule has 4 heteroatoms. The molecule has 0 aromatic heterocycles. The number of nitrogens with one attached hydrogen (secondary N) is 1. The summed E-state index contributed by atoms with van der Waals surface area (Å²) in [6.07, 6.45) is 0. The first kappa shape index (κ1) is 12.4. The van der Waals surface area contributed by atoms with Crippen molar-refractivity contribution in [2.45, 2.75) is 40.2 Å². The molecule has 3 N–H and O–H groups in total. The summed E-state index contributed by atoms with van der Waals surface area (Å²) in [7, 11) is 0. The zero-order chi connectivity index (χ0) is 10.9. The van der Waals surface area contributed by atoms with Crippen molar-refractivity contribution >= 4 is 23.1 Å². The van der Waals surface area contributed by atoms with Gasteiger partial charge in [-0.2, -0.15) is 0 Å². The van der Waals surface area contributed by atoms with E-state index in [0.29, 0.717) is 4.99 Å². The summed E-state index contributed by atoms with van der Waals surface area (Å²) >= 11 is 4.84. The van der Waals surface area contributed by atoms with E-state index in [9.17, 15) is 4.79 Å². The minimum atomic E-state index is -0.611. The summed E-state index contributed by atoms with van der Waals surface area (Å²) in [6, 6.07) is 0. The summed E-state index contributed by atoms with van der Waals surface area (Å²) in [5, 5.41) is 2.79. The van der Waals surface area contributed by atoms with Crippen LogP contribution in [0.2, 0.25) is 0 Å². The number of carbonyl (C=O) groups excluding carboxylic acids is 1. The van der Waals surface area contributed by atoms with Crippen LogP contribution in [0.25, 0.3) is 0 Å². The molecule has 0 aliphatic heterocycles. The fourth-order valence-electron chi connectivity index (χ4n) is 0.533. The smallest absolute Gasteiger partial charge is 0.226 e. The highest BCUT2D eigenvalue weighted by Gasteiger charge is 2.29. The molecule has 3 nitrogen and oxygen atoms in total. The lowest BCUT2D eigenvalue weighted by molar-refractivity contribution is -0.129. The zero-order valence-electron chi connectivity index (χ0n) is 8.89. The lowest BCUT2D eigenvalue weighted by Crippen LogP contribution is -2.54. The predicted molar refractivity (Wildman–Crippen MR) is 58.5 cm³/mol. The normalized spacial score (nSPS) is 12.4. The van der Waals surface area contributed by atoms with Crippen LogP contribution in [0.15, 0.2) is 0 Å². The third-order valence-corrected chi connectivity index (χ3v) is 2.23. The van der Waals surface area contributed by atoms with Gasteiger partial charge in [-0.3, -0.25) is 4.79 Å². The minimum Gasteiger partial charge on any atom is -0.391 e. The Bertz CT molecular complexity index is 228. The largest absolute Gasteiger partial charge is 0.391 e. The van der Waals surface area contributed by atoms with E-state index in [-0.39, 0.29) is 5.91 Å². The van der Waals surface area contributed by atoms with Crippen LogP contribution >= 0.6 is 12.2 Å². The van der Waals surface area contributed by atoms with Gasteiger partial charge in [-0.15, -0.1) is 0 Å². The molecule has 0 radical (unpaired) electrons. The van der Waals surface area contributed by atoms with Crippen LogP contribution in [0.1, 0.15) is 34.6 Å². The zero-order valence-corrected chi connectivity index (χ0v) is 9.71. The third-order valence-electron chi connectivity index (χ3n) is 1.72. The quantitative estimate of drug-likeness (QED) is 0.662. The fraction of sp³-hybridized carbons (Fsp3) is 0.778. The average Bonchev–Trinajstić information content (AvgIpc) is 1.83. The van der Waals surface area contributed by atoms with Gasteiger partial charge in [0, 0.05) is 5.41 Å². The molecule has 0 fully saturated rings. The Labute approximate surface area is 85.1 Å². The van der Waals surface area contributed by atoms with E-state index in [4.69, 9.17) is 18.0 Å². The molecule has 0 unspecified atom stereocenters. The Morgan fingerprint density at radius 2 is 1.62 bits per heavy atom. The van der Waals surface area contributed by atoms with Crippen LogP contribution in [-0.4, -0.2) is 16.4 Å². The molecule has 0 spiro atoms. The highest BCUT2D eigenvalue weighted by Crippen LogP contribution is 2.15. The molecule has 0 aliphatic rings. The van der Waals surface area contributed by atoms with Crippen molar-refractivity contribution in [3.8, 4) is 0 Å². The number of rotatable bonds is 2. The molecular weight excluding hydrogens is 184 g/mol. The molecule has 0 saturated carbocycles. The Morgan fingerprint density at radius 3 is 1.85 bits per heavy atom. The van der Waals surface area contributed by atoms with E-state index in [0.717, 1.165) is 0 Å². The van der Waals surface area contributed by atoms with E-state index in [2.05, 4.69) is 5.32 Å². The molecular formula is C9H18N2OS. The lowest BCUT2D eigenvalue weighted by atomic mass is 9.93. The van der Waals surface area contributed by atoms with Gasteiger partial charge >= 0.3 is 0 Å². The second-order valence-electron chi connectivity index (χ2n) is 4.69. The van der Waals surface area contributed by atoms with Crippen LogP contribution in [0.4, 0.5) is 0 Å². The van der Waals surface area contributed by atoms with Gasteiger partial charge in [0.2, 0.25) is 5.91 Å². The number of hydrogen-bond acceptors (Lipinski definition) is 2. The molecule has 0 atom stereocenters. The van der Waals surface area contributed by atoms with Crippen LogP contribution in [0.3, 0.4) is 0 Å². The molecule has 0 rings (SSSR count). The third kappa shape index (κ3) is 3.72. The molecule has 76 valence electrons. The second kappa shape index (κ2) is 3.62. The summed E-state index contributed by atoms with van der Waals surface area (Å²) in [5.74, 6) is -0.0506. The summed E-state index contributed by atoms with van der Waals surface area (Å²) in [5.41, 5.74) is 4.45. The van der Waals surface area contributed by atoms with Crippen molar-refractivity contribution in [1.82, 2.24) is 5.32 Å². The summed E-state index contributed by atoms with van der Waals surface area (Å²) in [4.78, 5) is 11.9. The first-order chi connectivity index (χ1) is 5.57. The van der Waals surface area contributed by atoms with Gasteiger partial charge in [0.25, 0.3) is 0 Å². The van der Waals surface area contributed by atoms with Crippen molar-refractivity contribution in [3.63, 3.8) is 0 Å². The van der Waals surface area contributed by atoms with Crippen molar-refractivity contribution in [2.75, 3.05) is 0 Å². The average molecular weight is 202 g/mol. The highest BCUT2D eigenvalue weighted by atomic mass is 32.1. The van der Waals surface area contributed by atoms with Crippen molar-refractivity contribution < 1.29 is 4.79 Å². The minimum absolute atomic E-state index is 0.0506. The van der Waals surface area contributed by atoms with Gasteiger partial charge in [0.05, 0.1) is 10.5 Å². The Kier molecular flexibility index (Phi) is 3.44. The monoisotopic (exact) mass is 202 g/mol. The van der Waals surface area contributed by atoms with Gasteiger partial charge in [0.1, 0.15) is 0 Å². The maximum Gasteiger partial charge on any atom is 0.226 e. The number of carbonyl (C=O) groups is 1. The second-order valence-corrected chi connectivity index (χ2v) is 5.13. The van der Waals surface area contributed by atoms with Crippen LogP contribution < -0.4 is 11.1 Å². The van der Waals surface area contributed by atoms with Crippen LogP contribution in [0.5, 0.6) is 0 Å². The lowest BCUT2D eigenvalue weighted by Gasteiger charge is -2.29. The fourth-order valence-corrected chi connectivity index (χ4v) is 0.584. The van der Waals surface area contributed by atoms with Crippen LogP contribution in [-0.2, 0) is 4.79 Å². The maximum atomic E-state index is 11.6. The topological polar surface area (TPSA) is 55.1 Å². The Hall–Kier alpha value is -0.640. The van der Waals surface area contributed by atoms with Gasteiger partial charge < -0.3 is 11.1 Å². The molecule has 0 bridgehead atoms. The number of nitrogens with two attached hydrogens (primary N) is 1. The summed E-state index contributed by atoms with van der Waals surface area (Å²) in [6.45, 7) is 9.12. The maximum absolute atomic E-state index is 11.6. The van der Waals surface area contributed by atoms with E-state index in [1.807, 2.05) is 20.8 Å². The first-order valence-corrected chi connectivity index (χ1v) is 4.61. The Morgan fingerprint density at radius 1 is 1.23 bits per heavy atom. The first-order valence-electron chi connectivity index (χ1n) is 4.20. The SMILES string of the molecule is CC(C)(C)C(=O)NC(C)(C)C(N)=S. The molecule has 0 aliphatic carbocycles. The molecule has 1 amide bonds. The van der Waals surface area contributed by atoms with E-state index in [1.165, 1.54) is 0 Å². The molecule has 0 aromatic rings. The van der Waals surface area contributed by atoms with Gasteiger partial charge in [-0.25, -0.2) is 0 Å². The predicted octanol–water partition coefficient (Wildman–Crippen LogP) is 1.21. The Balaban J connectivity index is 4.47. The summed E-state index contributed by atoms with van der Waals surface area (Å²) < 4.78 is 0. The van der Waals surface area contributed by atoms with Gasteiger partial charge in [-0.05, 0) is 13.8 Å². The number of amides is 1. The number of hydrogen-bond donors (Lipinski definition) is 2. The van der Waals surface area contributed by atoms with Crippen molar-refractivity contribution in [3.05, 3.63) is 0 Å². The molecule has 13 heavy (non-hydrogen) atoms.